The van der Waals surface area contributed by atoms with E-state index >= 15 is 0 Å². The average molecular weight is 294 g/mol. The molecule has 1 aliphatic carbocycles. The van der Waals surface area contributed by atoms with Crippen molar-refractivity contribution in [1.29, 1.82) is 0 Å². The molecule has 1 aliphatic rings. The molecule has 0 saturated heterocycles. The second-order valence-corrected chi connectivity index (χ2v) is 6.45. The number of nitrogens with two attached hydrogens (primary N) is 1. The summed E-state index contributed by atoms with van der Waals surface area (Å²) in [6.07, 6.45) is 5.10. The SMILES string of the molecule is COC1(C(Cc2ccc(F)cc2C)NN)CCC(C)CC1. The number of aryl methyl sites for hydroxylation is 1. The predicted octanol–water partition coefficient (Wildman–Crippen LogP) is 3.10. The topological polar surface area (TPSA) is 47.3 Å². The number of rotatable bonds is 5. The highest BCUT2D eigenvalue weighted by atomic mass is 19.1. The summed E-state index contributed by atoms with van der Waals surface area (Å²) in [6, 6.07) is 4.98. The molecular weight excluding hydrogens is 267 g/mol. The van der Waals surface area contributed by atoms with Gasteiger partial charge in [0.15, 0.2) is 0 Å². The Morgan fingerprint density at radius 3 is 2.62 bits per heavy atom. The van der Waals surface area contributed by atoms with Crippen molar-refractivity contribution in [3.8, 4) is 0 Å². The van der Waals surface area contributed by atoms with Crippen LogP contribution in [0, 0.1) is 18.7 Å². The molecule has 1 fully saturated rings. The highest BCUT2D eigenvalue weighted by Crippen LogP contribution is 2.37. The zero-order valence-electron chi connectivity index (χ0n) is 13.3. The zero-order valence-corrected chi connectivity index (χ0v) is 13.3. The van der Waals surface area contributed by atoms with Crippen LogP contribution in [0.3, 0.4) is 0 Å². The van der Waals surface area contributed by atoms with Gasteiger partial charge in [-0.3, -0.25) is 11.3 Å². The molecule has 1 unspecified atom stereocenters. The monoisotopic (exact) mass is 294 g/mol. The maximum atomic E-state index is 13.2. The summed E-state index contributed by atoms with van der Waals surface area (Å²) in [4.78, 5) is 0. The van der Waals surface area contributed by atoms with Crippen LogP contribution in [0.5, 0.6) is 0 Å². The summed E-state index contributed by atoms with van der Waals surface area (Å²) >= 11 is 0. The number of hydrogen-bond acceptors (Lipinski definition) is 3. The van der Waals surface area contributed by atoms with E-state index in [9.17, 15) is 4.39 Å². The summed E-state index contributed by atoms with van der Waals surface area (Å²) in [7, 11) is 1.78. The van der Waals surface area contributed by atoms with Crippen molar-refractivity contribution in [2.24, 2.45) is 11.8 Å². The summed E-state index contributed by atoms with van der Waals surface area (Å²) < 4.78 is 19.1. The van der Waals surface area contributed by atoms with Gasteiger partial charge in [-0.25, -0.2) is 4.39 Å². The van der Waals surface area contributed by atoms with Gasteiger partial charge in [0.05, 0.1) is 11.6 Å². The van der Waals surface area contributed by atoms with Crippen LogP contribution in [0.2, 0.25) is 0 Å². The Kier molecular flexibility index (Phi) is 5.36. The lowest BCUT2D eigenvalue weighted by Gasteiger charge is -2.44. The van der Waals surface area contributed by atoms with Gasteiger partial charge in [-0.15, -0.1) is 0 Å². The lowest BCUT2D eigenvalue weighted by atomic mass is 9.73. The number of halogens is 1. The third kappa shape index (κ3) is 3.62. The van der Waals surface area contributed by atoms with Crippen molar-refractivity contribution in [2.45, 2.75) is 57.6 Å². The second kappa shape index (κ2) is 6.86. The van der Waals surface area contributed by atoms with Crippen molar-refractivity contribution in [3.63, 3.8) is 0 Å². The van der Waals surface area contributed by atoms with E-state index in [4.69, 9.17) is 10.6 Å². The number of hydrazine groups is 1. The molecule has 1 aromatic carbocycles. The number of benzene rings is 1. The fourth-order valence-corrected chi connectivity index (χ4v) is 3.45. The minimum Gasteiger partial charge on any atom is -0.377 e. The van der Waals surface area contributed by atoms with Crippen molar-refractivity contribution in [3.05, 3.63) is 35.1 Å². The Morgan fingerprint density at radius 2 is 2.10 bits per heavy atom. The number of nitrogens with one attached hydrogen (secondary N) is 1. The molecule has 4 heteroatoms. The van der Waals surface area contributed by atoms with Crippen LogP contribution in [0.4, 0.5) is 4.39 Å². The minimum atomic E-state index is -0.220. The first-order chi connectivity index (χ1) is 10.0. The van der Waals surface area contributed by atoms with Crippen LogP contribution in [0.1, 0.15) is 43.7 Å². The Hall–Kier alpha value is -0.970. The first-order valence-corrected chi connectivity index (χ1v) is 7.77. The van der Waals surface area contributed by atoms with Gasteiger partial charge in [0, 0.05) is 7.11 Å². The van der Waals surface area contributed by atoms with Crippen molar-refractivity contribution >= 4 is 0 Å². The fraction of sp³-hybridized carbons (Fsp3) is 0.647. The Labute approximate surface area is 127 Å². The predicted molar refractivity (Wildman–Crippen MR) is 83.3 cm³/mol. The van der Waals surface area contributed by atoms with E-state index in [2.05, 4.69) is 12.3 Å². The lowest BCUT2D eigenvalue weighted by molar-refractivity contribution is -0.0746. The van der Waals surface area contributed by atoms with Crippen LogP contribution in [-0.2, 0) is 11.2 Å². The van der Waals surface area contributed by atoms with E-state index in [0.717, 1.165) is 49.1 Å². The molecule has 2 rings (SSSR count). The first kappa shape index (κ1) is 16.4. The summed E-state index contributed by atoms with van der Waals surface area (Å²) in [6.45, 7) is 4.23. The molecule has 0 aromatic heterocycles. The first-order valence-electron chi connectivity index (χ1n) is 7.77. The molecule has 0 radical (unpaired) electrons. The van der Waals surface area contributed by atoms with Crippen LogP contribution in [-0.4, -0.2) is 18.8 Å². The summed E-state index contributed by atoms with van der Waals surface area (Å²) in [5, 5.41) is 0. The highest BCUT2D eigenvalue weighted by Gasteiger charge is 2.41. The molecular formula is C17H27FN2O. The molecule has 0 heterocycles. The van der Waals surface area contributed by atoms with E-state index in [1.54, 1.807) is 13.2 Å². The molecule has 3 nitrogen and oxygen atoms in total. The molecule has 3 N–H and O–H groups in total. The molecule has 0 amide bonds. The zero-order chi connectivity index (χ0) is 15.5. The third-order valence-corrected chi connectivity index (χ3v) is 5.09. The normalized spacial score (nSPS) is 27.6. The van der Waals surface area contributed by atoms with E-state index in [0.29, 0.717) is 0 Å². The van der Waals surface area contributed by atoms with Crippen molar-refractivity contribution in [2.75, 3.05) is 7.11 Å². The van der Waals surface area contributed by atoms with Crippen LogP contribution < -0.4 is 11.3 Å². The van der Waals surface area contributed by atoms with Gasteiger partial charge in [0.25, 0.3) is 0 Å². The van der Waals surface area contributed by atoms with E-state index < -0.39 is 0 Å². The van der Waals surface area contributed by atoms with E-state index in [1.807, 2.05) is 13.0 Å². The van der Waals surface area contributed by atoms with Crippen LogP contribution >= 0.6 is 0 Å². The fourth-order valence-electron chi connectivity index (χ4n) is 3.45. The van der Waals surface area contributed by atoms with Gasteiger partial charge in [0.1, 0.15) is 5.82 Å². The van der Waals surface area contributed by atoms with Crippen molar-refractivity contribution < 1.29 is 9.13 Å². The van der Waals surface area contributed by atoms with Crippen LogP contribution in [0.25, 0.3) is 0 Å². The second-order valence-electron chi connectivity index (χ2n) is 6.45. The molecule has 118 valence electrons. The summed E-state index contributed by atoms with van der Waals surface area (Å²) in [5.41, 5.74) is 4.81. The molecule has 1 atom stereocenters. The van der Waals surface area contributed by atoms with E-state index in [1.165, 1.54) is 6.07 Å². The smallest absolute Gasteiger partial charge is 0.123 e. The average Bonchev–Trinajstić information content (AvgIpc) is 2.48. The Balaban J connectivity index is 2.17. The van der Waals surface area contributed by atoms with Gasteiger partial charge in [-0.2, -0.15) is 0 Å². The summed E-state index contributed by atoms with van der Waals surface area (Å²) in [5.74, 6) is 6.38. The van der Waals surface area contributed by atoms with Gasteiger partial charge in [-0.1, -0.05) is 13.0 Å². The van der Waals surface area contributed by atoms with E-state index in [-0.39, 0.29) is 17.5 Å². The Bertz CT molecular complexity index is 470. The molecule has 0 bridgehead atoms. The molecule has 0 aliphatic heterocycles. The van der Waals surface area contributed by atoms with Gasteiger partial charge < -0.3 is 4.74 Å². The third-order valence-electron chi connectivity index (χ3n) is 5.09. The van der Waals surface area contributed by atoms with Crippen LogP contribution in [0.15, 0.2) is 18.2 Å². The number of methoxy groups -OCH3 is 1. The molecule has 1 saturated carbocycles. The minimum absolute atomic E-state index is 0.0409. The standard InChI is InChI=1S/C17H27FN2O/c1-12-6-8-17(21-3,9-7-12)16(20-19)11-14-4-5-15(18)10-13(14)2/h4-5,10,12,16,20H,6-9,11,19H2,1-3H3. The van der Waals surface area contributed by atoms with Gasteiger partial charge in [-0.05, 0) is 68.2 Å². The molecule has 1 aromatic rings. The van der Waals surface area contributed by atoms with Gasteiger partial charge in [0.2, 0.25) is 0 Å². The van der Waals surface area contributed by atoms with Crippen molar-refractivity contribution in [1.82, 2.24) is 5.43 Å². The maximum absolute atomic E-state index is 13.2. The highest BCUT2D eigenvalue weighted by molar-refractivity contribution is 5.28. The largest absolute Gasteiger partial charge is 0.377 e. The van der Waals surface area contributed by atoms with Gasteiger partial charge >= 0.3 is 0 Å². The quantitative estimate of drug-likeness (QED) is 0.648. The maximum Gasteiger partial charge on any atom is 0.123 e. The number of hydrogen-bond donors (Lipinski definition) is 2. The molecule has 21 heavy (non-hydrogen) atoms. The Morgan fingerprint density at radius 1 is 1.43 bits per heavy atom. The number of ether oxygens (including phenoxy) is 1. The molecule has 0 spiro atoms. The lowest BCUT2D eigenvalue weighted by Crippen LogP contribution is -2.57.